The summed E-state index contributed by atoms with van der Waals surface area (Å²) in [5.41, 5.74) is 0. The highest BCUT2D eigenvalue weighted by molar-refractivity contribution is 4.56. The van der Waals surface area contributed by atoms with Crippen molar-refractivity contribution >= 4 is 0 Å². The maximum Gasteiger partial charge on any atom is 0.0494 e. The molecule has 0 saturated carbocycles. The third kappa shape index (κ3) is 8.29. The van der Waals surface area contributed by atoms with Crippen LogP contribution in [0.15, 0.2) is 0 Å². The molecule has 1 nitrogen and oxygen atoms in total. The van der Waals surface area contributed by atoms with Crippen molar-refractivity contribution in [3.63, 3.8) is 0 Å². The molecule has 0 radical (unpaired) electrons. The fourth-order valence-corrected chi connectivity index (χ4v) is 1.37. The van der Waals surface area contributed by atoms with E-state index >= 15 is 0 Å². The van der Waals surface area contributed by atoms with Crippen LogP contribution < -0.4 is 0 Å². The van der Waals surface area contributed by atoms with Gasteiger partial charge in [-0.1, -0.05) is 47.0 Å². The molecule has 0 aliphatic carbocycles. The van der Waals surface area contributed by atoms with Gasteiger partial charge in [-0.2, -0.15) is 0 Å². The topological polar surface area (TPSA) is 9.23 Å². The minimum Gasteiger partial charge on any atom is -0.381 e. The Morgan fingerprint density at radius 2 is 1.77 bits per heavy atom. The van der Waals surface area contributed by atoms with E-state index in [9.17, 15) is 0 Å². The lowest BCUT2D eigenvalue weighted by Gasteiger charge is -2.15. The van der Waals surface area contributed by atoms with Gasteiger partial charge in [0.15, 0.2) is 0 Å². The second-order valence-corrected chi connectivity index (χ2v) is 4.35. The maximum absolute atomic E-state index is 5.65. The van der Waals surface area contributed by atoms with Crippen molar-refractivity contribution in [2.24, 2.45) is 11.8 Å². The highest BCUT2D eigenvalue weighted by Gasteiger charge is 2.05. The van der Waals surface area contributed by atoms with Gasteiger partial charge in [0.25, 0.3) is 0 Å². The Morgan fingerprint density at radius 1 is 1.08 bits per heavy atom. The van der Waals surface area contributed by atoms with Crippen LogP contribution in [0.1, 0.15) is 53.4 Å². The molecule has 1 heteroatoms. The van der Waals surface area contributed by atoms with Gasteiger partial charge in [-0.15, -0.1) is 0 Å². The van der Waals surface area contributed by atoms with Crippen LogP contribution in [0.5, 0.6) is 0 Å². The first-order chi connectivity index (χ1) is 6.20. The van der Waals surface area contributed by atoms with Crippen LogP contribution in [0.4, 0.5) is 0 Å². The van der Waals surface area contributed by atoms with E-state index in [-0.39, 0.29) is 0 Å². The minimum absolute atomic E-state index is 0.670. The molecule has 0 rings (SSSR count). The molecule has 0 N–H and O–H groups in total. The van der Waals surface area contributed by atoms with Crippen molar-refractivity contribution in [2.75, 3.05) is 13.2 Å². The molecule has 0 aromatic rings. The molecule has 1 unspecified atom stereocenters. The predicted octanol–water partition coefficient (Wildman–Crippen LogP) is 3.88. The summed E-state index contributed by atoms with van der Waals surface area (Å²) in [6.07, 6.45) is 5.26. The number of ether oxygens (including phenoxy) is 1. The number of hydrogen-bond donors (Lipinski definition) is 0. The number of hydrogen-bond acceptors (Lipinski definition) is 1. The quantitative estimate of drug-likeness (QED) is 0.559. The maximum atomic E-state index is 5.65. The van der Waals surface area contributed by atoms with Gasteiger partial charge in [-0.25, -0.2) is 0 Å². The van der Waals surface area contributed by atoms with E-state index in [1.165, 1.54) is 25.7 Å². The zero-order valence-electron chi connectivity index (χ0n) is 9.81. The van der Waals surface area contributed by atoms with E-state index in [1.54, 1.807) is 0 Å². The molecule has 0 bridgehead atoms. The van der Waals surface area contributed by atoms with Crippen LogP contribution in [0.3, 0.4) is 0 Å². The van der Waals surface area contributed by atoms with Crippen LogP contribution in [0, 0.1) is 11.8 Å². The van der Waals surface area contributed by atoms with Crippen molar-refractivity contribution in [3.8, 4) is 0 Å². The van der Waals surface area contributed by atoms with Gasteiger partial charge in [0.1, 0.15) is 0 Å². The molecule has 0 saturated heterocycles. The van der Waals surface area contributed by atoms with E-state index in [0.29, 0.717) is 5.92 Å². The molecular weight excluding hydrogens is 160 g/mol. The summed E-state index contributed by atoms with van der Waals surface area (Å²) in [6, 6.07) is 0. The summed E-state index contributed by atoms with van der Waals surface area (Å²) in [6.45, 7) is 10.8. The summed E-state index contributed by atoms with van der Waals surface area (Å²) in [5, 5.41) is 0. The Balaban J connectivity index is 3.36. The van der Waals surface area contributed by atoms with Gasteiger partial charge < -0.3 is 4.74 Å². The number of unbranched alkanes of at least 4 members (excludes halogenated alkanes) is 1. The van der Waals surface area contributed by atoms with Crippen LogP contribution >= 0.6 is 0 Å². The Kier molecular flexibility index (Phi) is 8.53. The molecular formula is C12H26O. The molecule has 0 fully saturated rings. The lowest BCUT2D eigenvalue weighted by Crippen LogP contribution is -2.11. The van der Waals surface area contributed by atoms with Crippen molar-refractivity contribution in [1.82, 2.24) is 0 Å². The summed E-state index contributed by atoms with van der Waals surface area (Å²) in [4.78, 5) is 0. The van der Waals surface area contributed by atoms with Gasteiger partial charge in [-0.05, 0) is 18.3 Å². The molecule has 0 aliphatic heterocycles. The average Bonchev–Trinajstić information content (AvgIpc) is 2.10. The lowest BCUT2D eigenvalue weighted by molar-refractivity contribution is 0.0750. The third-order valence-corrected chi connectivity index (χ3v) is 2.35. The first-order valence-electron chi connectivity index (χ1n) is 5.78. The van der Waals surface area contributed by atoms with Crippen molar-refractivity contribution < 1.29 is 4.74 Å². The third-order valence-electron chi connectivity index (χ3n) is 2.35. The smallest absolute Gasteiger partial charge is 0.0494 e. The zero-order chi connectivity index (χ0) is 10.1. The molecule has 13 heavy (non-hydrogen) atoms. The van der Waals surface area contributed by atoms with E-state index in [1.807, 2.05) is 0 Å². The van der Waals surface area contributed by atoms with Crippen molar-refractivity contribution in [1.29, 1.82) is 0 Å². The molecule has 1 atom stereocenters. The van der Waals surface area contributed by atoms with Gasteiger partial charge in [-0.3, -0.25) is 0 Å². The zero-order valence-corrected chi connectivity index (χ0v) is 9.81. The van der Waals surface area contributed by atoms with Crippen LogP contribution in [0.2, 0.25) is 0 Å². The largest absolute Gasteiger partial charge is 0.381 e. The predicted molar refractivity (Wildman–Crippen MR) is 59.0 cm³/mol. The van der Waals surface area contributed by atoms with Crippen molar-refractivity contribution in [2.45, 2.75) is 53.4 Å². The normalized spacial score (nSPS) is 13.6. The fourth-order valence-electron chi connectivity index (χ4n) is 1.37. The Labute approximate surface area is 83.9 Å². The molecule has 0 spiro atoms. The second kappa shape index (κ2) is 8.55. The second-order valence-electron chi connectivity index (χ2n) is 4.35. The van der Waals surface area contributed by atoms with Gasteiger partial charge in [0.05, 0.1) is 0 Å². The van der Waals surface area contributed by atoms with Crippen LogP contribution in [0.25, 0.3) is 0 Å². The highest BCUT2D eigenvalue weighted by atomic mass is 16.5. The Hall–Kier alpha value is -0.0400. The molecule has 80 valence electrons. The van der Waals surface area contributed by atoms with Crippen molar-refractivity contribution in [3.05, 3.63) is 0 Å². The first kappa shape index (κ1) is 13.0. The monoisotopic (exact) mass is 186 g/mol. The summed E-state index contributed by atoms with van der Waals surface area (Å²) in [7, 11) is 0. The van der Waals surface area contributed by atoms with Gasteiger partial charge in [0.2, 0.25) is 0 Å². The summed E-state index contributed by atoms with van der Waals surface area (Å²) < 4.78 is 5.65. The SMILES string of the molecule is CCCCC(CC)COCC(C)C. The molecule has 0 amide bonds. The Morgan fingerprint density at radius 3 is 2.23 bits per heavy atom. The van der Waals surface area contributed by atoms with Gasteiger partial charge >= 0.3 is 0 Å². The minimum atomic E-state index is 0.670. The molecule has 0 aliphatic rings. The lowest BCUT2D eigenvalue weighted by atomic mass is 10.0. The average molecular weight is 186 g/mol. The van der Waals surface area contributed by atoms with E-state index < -0.39 is 0 Å². The van der Waals surface area contributed by atoms with Gasteiger partial charge in [0, 0.05) is 13.2 Å². The molecule has 0 aromatic heterocycles. The Bertz CT molecular complexity index is 99.3. The standard InChI is InChI=1S/C12H26O/c1-5-7-8-12(6-2)10-13-9-11(3)4/h11-12H,5-10H2,1-4H3. The van der Waals surface area contributed by atoms with E-state index in [4.69, 9.17) is 4.74 Å². The molecule has 0 aromatic carbocycles. The summed E-state index contributed by atoms with van der Waals surface area (Å²) >= 11 is 0. The first-order valence-corrected chi connectivity index (χ1v) is 5.78. The summed E-state index contributed by atoms with van der Waals surface area (Å²) in [5.74, 6) is 1.46. The molecule has 0 heterocycles. The van der Waals surface area contributed by atoms with Crippen LogP contribution in [-0.2, 0) is 4.74 Å². The fraction of sp³-hybridized carbons (Fsp3) is 1.00. The highest BCUT2D eigenvalue weighted by Crippen LogP contribution is 2.13. The van der Waals surface area contributed by atoms with E-state index in [2.05, 4.69) is 27.7 Å². The van der Waals surface area contributed by atoms with E-state index in [0.717, 1.165) is 19.1 Å². The van der Waals surface area contributed by atoms with Crippen LogP contribution in [-0.4, -0.2) is 13.2 Å². The number of rotatable bonds is 8.